The molecular weight excluding hydrogens is 518 g/mol. The Morgan fingerprint density at radius 3 is 2.37 bits per heavy atom. The first-order chi connectivity index (χ1) is 14.3. The van der Waals surface area contributed by atoms with E-state index in [-0.39, 0.29) is 5.75 Å². The number of carbonyl (C=O) groups is 1. The fourth-order valence-corrected chi connectivity index (χ4v) is 3.91. The Hall–Kier alpha value is -2.84. The van der Waals surface area contributed by atoms with Crippen LogP contribution in [0.15, 0.2) is 74.8 Å². The van der Waals surface area contributed by atoms with Crippen LogP contribution in [0, 0.1) is 0 Å². The van der Waals surface area contributed by atoms with Crippen LogP contribution in [0.25, 0.3) is 11.1 Å². The third-order valence-corrected chi connectivity index (χ3v) is 5.24. The largest absolute Gasteiger partial charge is 0.507 e. The third-order valence-electron chi connectivity index (χ3n) is 4.06. The van der Waals surface area contributed by atoms with Crippen molar-refractivity contribution in [3.05, 3.63) is 75.2 Å². The van der Waals surface area contributed by atoms with Crippen molar-refractivity contribution in [3.63, 3.8) is 0 Å². The fourth-order valence-electron chi connectivity index (χ4n) is 2.52. The number of phenolic OH excluding ortho intramolecular Hbond substituents is 1. The maximum absolute atomic E-state index is 10.8. The summed E-state index contributed by atoms with van der Waals surface area (Å²) in [7, 11) is 0. The van der Waals surface area contributed by atoms with Crippen LogP contribution in [-0.2, 0) is 9.63 Å². The number of carboxylic acids is 1. The normalized spacial score (nSPS) is 12.0. The fraction of sp³-hybridized carbons (Fsp3) is 0.0909. The molecule has 2 N–H and O–H groups in total. The molecule has 154 valence electrons. The molecule has 0 bridgehead atoms. The molecule has 0 radical (unpaired) electrons. The Balaban J connectivity index is 1.82. The Bertz CT molecular complexity index is 1060. The van der Waals surface area contributed by atoms with E-state index < -0.39 is 12.1 Å². The first-order valence-electron chi connectivity index (χ1n) is 8.82. The second kappa shape index (κ2) is 9.77. The van der Waals surface area contributed by atoms with Crippen LogP contribution in [0.3, 0.4) is 0 Å². The van der Waals surface area contributed by atoms with E-state index in [0.717, 1.165) is 5.56 Å². The van der Waals surface area contributed by atoms with Gasteiger partial charge in [0.1, 0.15) is 11.5 Å². The summed E-state index contributed by atoms with van der Waals surface area (Å²) >= 11 is 6.95. The molecule has 0 fully saturated rings. The number of aliphatic carboxylic acids is 1. The summed E-state index contributed by atoms with van der Waals surface area (Å²) in [6, 6.07) is 18.1. The minimum atomic E-state index is -1.10. The van der Waals surface area contributed by atoms with Gasteiger partial charge in [0.05, 0.1) is 15.2 Å². The average Bonchev–Trinajstić information content (AvgIpc) is 2.72. The van der Waals surface area contributed by atoms with Crippen LogP contribution in [0.4, 0.5) is 0 Å². The van der Waals surface area contributed by atoms with Gasteiger partial charge in [-0.05, 0) is 80.2 Å². The molecule has 3 rings (SSSR count). The van der Waals surface area contributed by atoms with Crippen molar-refractivity contribution < 1.29 is 24.6 Å². The van der Waals surface area contributed by atoms with Crippen LogP contribution >= 0.6 is 31.9 Å². The highest BCUT2D eigenvalue weighted by Crippen LogP contribution is 2.40. The monoisotopic (exact) mass is 533 g/mol. The molecule has 8 heteroatoms. The molecule has 0 aromatic heterocycles. The molecule has 3 aromatic carbocycles. The lowest BCUT2D eigenvalue weighted by atomic mass is 10.0. The van der Waals surface area contributed by atoms with Gasteiger partial charge in [-0.1, -0.05) is 35.5 Å². The molecule has 0 spiro atoms. The van der Waals surface area contributed by atoms with E-state index in [1.807, 2.05) is 30.3 Å². The van der Waals surface area contributed by atoms with Gasteiger partial charge < -0.3 is 19.8 Å². The zero-order valence-electron chi connectivity index (χ0n) is 15.8. The number of ether oxygens (including phenoxy) is 1. The van der Waals surface area contributed by atoms with Crippen LogP contribution in [-0.4, -0.2) is 28.5 Å². The van der Waals surface area contributed by atoms with Gasteiger partial charge in [0.15, 0.2) is 5.75 Å². The molecule has 0 amide bonds. The third kappa shape index (κ3) is 5.40. The minimum absolute atomic E-state index is 0.161. The molecule has 1 unspecified atom stereocenters. The molecule has 0 heterocycles. The minimum Gasteiger partial charge on any atom is -0.507 e. The molecule has 30 heavy (non-hydrogen) atoms. The summed E-state index contributed by atoms with van der Waals surface area (Å²) in [5, 5.41) is 22.7. The molecular formula is C22H17Br2NO5. The lowest BCUT2D eigenvalue weighted by Gasteiger charge is -2.13. The van der Waals surface area contributed by atoms with E-state index in [2.05, 4.69) is 37.0 Å². The lowest BCUT2D eigenvalue weighted by Crippen LogP contribution is -2.17. The van der Waals surface area contributed by atoms with Crippen molar-refractivity contribution >= 4 is 44.0 Å². The van der Waals surface area contributed by atoms with Crippen LogP contribution in [0.1, 0.15) is 12.5 Å². The maximum atomic E-state index is 10.8. The van der Waals surface area contributed by atoms with Crippen LogP contribution in [0.2, 0.25) is 0 Å². The van der Waals surface area contributed by atoms with Gasteiger partial charge in [-0.25, -0.2) is 4.79 Å². The van der Waals surface area contributed by atoms with Crippen molar-refractivity contribution in [1.82, 2.24) is 0 Å². The van der Waals surface area contributed by atoms with Crippen LogP contribution < -0.4 is 4.74 Å². The van der Waals surface area contributed by atoms with E-state index in [1.54, 1.807) is 30.3 Å². The summed E-state index contributed by atoms with van der Waals surface area (Å²) in [6.07, 6.45) is 0.372. The zero-order valence-corrected chi connectivity index (χ0v) is 18.9. The molecule has 1 atom stereocenters. The number of carboxylic acid groups (broad SMARTS) is 1. The van der Waals surface area contributed by atoms with Crippen molar-refractivity contribution in [3.8, 4) is 28.4 Å². The molecule has 0 saturated heterocycles. The van der Waals surface area contributed by atoms with Gasteiger partial charge in [-0.2, -0.15) is 0 Å². The van der Waals surface area contributed by atoms with Crippen molar-refractivity contribution in [2.24, 2.45) is 5.16 Å². The van der Waals surface area contributed by atoms with Gasteiger partial charge in [-0.15, -0.1) is 0 Å². The molecule has 0 aliphatic heterocycles. The highest BCUT2D eigenvalue weighted by Gasteiger charge is 2.13. The summed E-state index contributed by atoms with van der Waals surface area (Å²) < 4.78 is 7.33. The molecule has 0 saturated carbocycles. The number of hydrogen-bond donors (Lipinski definition) is 2. The van der Waals surface area contributed by atoms with E-state index in [1.165, 1.54) is 13.1 Å². The van der Waals surface area contributed by atoms with Gasteiger partial charge in [0.2, 0.25) is 6.10 Å². The summed E-state index contributed by atoms with van der Waals surface area (Å²) in [5.74, 6) is 0.153. The number of benzene rings is 3. The topological polar surface area (TPSA) is 88.4 Å². The molecule has 0 aliphatic carbocycles. The van der Waals surface area contributed by atoms with Crippen molar-refractivity contribution in [1.29, 1.82) is 0 Å². The van der Waals surface area contributed by atoms with Crippen molar-refractivity contribution in [2.45, 2.75) is 13.0 Å². The standard InChI is InChI=1S/C22H17Br2NO5/c1-13(22(27)28)30-25-12-14-9-18(23)21(19(24)10-14)29-16-7-8-20(26)17(11-16)15-5-3-2-4-6-15/h2-13,26H,1H3,(H,27,28). The number of oxime groups is 1. The summed E-state index contributed by atoms with van der Waals surface area (Å²) in [6.45, 7) is 1.39. The van der Waals surface area contributed by atoms with Gasteiger partial charge >= 0.3 is 5.97 Å². The predicted molar refractivity (Wildman–Crippen MR) is 121 cm³/mol. The van der Waals surface area contributed by atoms with E-state index in [9.17, 15) is 9.90 Å². The first-order valence-corrected chi connectivity index (χ1v) is 10.4. The number of aromatic hydroxyl groups is 1. The quantitative estimate of drug-likeness (QED) is 0.278. The Morgan fingerprint density at radius 2 is 1.73 bits per heavy atom. The lowest BCUT2D eigenvalue weighted by molar-refractivity contribution is -0.149. The van der Waals surface area contributed by atoms with Gasteiger partial charge in [0.25, 0.3) is 0 Å². The number of hydrogen-bond acceptors (Lipinski definition) is 5. The second-order valence-electron chi connectivity index (χ2n) is 6.28. The first kappa shape index (κ1) is 21.9. The summed E-state index contributed by atoms with van der Waals surface area (Å²) in [4.78, 5) is 15.6. The second-order valence-corrected chi connectivity index (χ2v) is 7.99. The zero-order chi connectivity index (χ0) is 21.7. The number of nitrogens with zero attached hydrogens (tertiary/aromatic N) is 1. The number of rotatable bonds is 7. The number of halogens is 2. The Labute approximate surface area is 190 Å². The van der Waals surface area contributed by atoms with E-state index in [0.29, 0.717) is 31.6 Å². The Kier molecular flexibility index (Phi) is 7.12. The average molecular weight is 535 g/mol. The highest BCUT2D eigenvalue weighted by molar-refractivity contribution is 9.11. The van der Waals surface area contributed by atoms with Crippen molar-refractivity contribution in [2.75, 3.05) is 0 Å². The van der Waals surface area contributed by atoms with E-state index in [4.69, 9.17) is 14.7 Å². The SMILES string of the molecule is CC(ON=Cc1cc(Br)c(Oc2ccc(O)c(-c3ccccc3)c2)c(Br)c1)C(=O)O. The molecule has 6 nitrogen and oxygen atoms in total. The smallest absolute Gasteiger partial charge is 0.347 e. The van der Waals surface area contributed by atoms with Crippen LogP contribution in [0.5, 0.6) is 17.2 Å². The summed E-state index contributed by atoms with van der Waals surface area (Å²) in [5.41, 5.74) is 2.21. The molecule has 0 aliphatic rings. The predicted octanol–water partition coefficient (Wildman–Crippen LogP) is 6.20. The Morgan fingerprint density at radius 1 is 1.07 bits per heavy atom. The van der Waals surface area contributed by atoms with Gasteiger partial charge in [0, 0.05) is 5.56 Å². The van der Waals surface area contributed by atoms with Gasteiger partial charge in [-0.3, -0.25) is 0 Å². The highest BCUT2D eigenvalue weighted by atomic mass is 79.9. The van der Waals surface area contributed by atoms with E-state index >= 15 is 0 Å². The number of phenols is 1. The molecule has 3 aromatic rings. The maximum Gasteiger partial charge on any atom is 0.347 e.